The molecule has 2 aromatic heterocycles. The average Bonchev–Trinajstić information content (AvgIpc) is 3.33. The third-order valence-corrected chi connectivity index (χ3v) is 6.19. The number of aryl methyl sites for hydroxylation is 1. The fourth-order valence-electron chi connectivity index (χ4n) is 2.60. The molecule has 0 aliphatic rings. The number of rotatable bonds is 6. The Hall–Kier alpha value is -3.57. The molecule has 0 atom stereocenters. The second kappa shape index (κ2) is 7.69. The van der Waals surface area contributed by atoms with Crippen LogP contribution in [-0.4, -0.2) is 28.8 Å². The van der Waals surface area contributed by atoms with Gasteiger partial charge in [-0.3, -0.25) is 4.72 Å². The highest BCUT2D eigenvalue weighted by Gasteiger charge is 2.16. The van der Waals surface area contributed by atoms with Crippen LogP contribution in [0.15, 0.2) is 63.3 Å². The first-order valence-electron chi connectivity index (χ1n) is 8.61. The minimum atomic E-state index is -3.79. The van der Waals surface area contributed by atoms with Crippen LogP contribution >= 0.6 is 11.3 Å². The van der Waals surface area contributed by atoms with E-state index in [1.165, 1.54) is 41.7 Å². The number of phenols is 2. The smallest absolute Gasteiger partial charge is 0.263 e. The molecule has 0 saturated heterocycles. The largest absolute Gasteiger partial charge is 0.504 e. The number of nitrogens with zero attached hydrogens (tertiary/aromatic N) is 2. The van der Waals surface area contributed by atoms with Gasteiger partial charge in [-0.2, -0.15) is 0 Å². The zero-order chi connectivity index (χ0) is 21.3. The highest BCUT2D eigenvalue weighted by molar-refractivity contribution is 7.92. The van der Waals surface area contributed by atoms with Crippen molar-refractivity contribution in [1.29, 1.82) is 0 Å². The van der Waals surface area contributed by atoms with Crippen LogP contribution < -0.4 is 10.0 Å². The highest BCUT2D eigenvalue weighted by Crippen LogP contribution is 2.33. The fraction of sp³-hybridized carbons (Fsp3) is 0.0526. The molecule has 0 unspecified atom stereocenters. The van der Waals surface area contributed by atoms with Gasteiger partial charge < -0.3 is 20.1 Å². The van der Waals surface area contributed by atoms with Crippen molar-refractivity contribution < 1.29 is 23.2 Å². The summed E-state index contributed by atoms with van der Waals surface area (Å²) in [5, 5.41) is 28.2. The van der Waals surface area contributed by atoms with E-state index in [2.05, 4.69) is 20.2 Å². The number of hydrogen-bond donors (Lipinski definition) is 4. The second-order valence-electron chi connectivity index (χ2n) is 6.32. The maximum atomic E-state index is 12.4. The molecule has 0 bridgehead atoms. The predicted octanol–water partition coefficient (Wildman–Crippen LogP) is 4.06. The summed E-state index contributed by atoms with van der Waals surface area (Å²) in [5.41, 5.74) is 1.94. The Labute approximate surface area is 175 Å². The van der Waals surface area contributed by atoms with Gasteiger partial charge in [-0.1, -0.05) is 5.16 Å². The summed E-state index contributed by atoms with van der Waals surface area (Å²) >= 11 is 1.35. The summed E-state index contributed by atoms with van der Waals surface area (Å²) in [7, 11) is -3.79. The van der Waals surface area contributed by atoms with Gasteiger partial charge in [0.2, 0.25) is 0 Å². The lowest BCUT2D eigenvalue weighted by Gasteiger charge is -2.07. The SMILES string of the molecule is Cc1cc(NS(=O)(=O)c2ccc(Nc3nc(-c4ccc(O)c(O)c4)cs3)cc2)no1. The number of benzene rings is 2. The standard InChI is InChI=1S/C19H16N4O5S2/c1-11-8-18(22-28-11)23-30(26,27)14-5-3-13(4-6-14)20-19-21-15(10-29-19)12-2-7-16(24)17(25)9-12/h2-10,24-25H,1H3,(H,20,21)(H,22,23). The van der Waals surface area contributed by atoms with Crippen molar-refractivity contribution in [3.8, 4) is 22.8 Å². The molecular weight excluding hydrogens is 428 g/mol. The molecule has 30 heavy (non-hydrogen) atoms. The second-order valence-corrected chi connectivity index (χ2v) is 8.86. The molecule has 2 aromatic carbocycles. The van der Waals surface area contributed by atoms with E-state index in [1.807, 2.05) is 0 Å². The molecule has 0 amide bonds. The molecule has 0 saturated carbocycles. The van der Waals surface area contributed by atoms with Crippen molar-refractivity contribution in [2.24, 2.45) is 0 Å². The first-order chi connectivity index (χ1) is 14.3. The zero-order valence-electron chi connectivity index (χ0n) is 15.5. The van der Waals surface area contributed by atoms with Crippen LogP contribution in [0.1, 0.15) is 5.76 Å². The van der Waals surface area contributed by atoms with Crippen molar-refractivity contribution in [1.82, 2.24) is 10.1 Å². The molecule has 0 fully saturated rings. The number of anilines is 3. The molecule has 0 aliphatic carbocycles. The van der Waals surface area contributed by atoms with Gasteiger partial charge in [0.05, 0.1) is 10.6 Å². The summed E-state index contributed by atoms with van der Waals surface area (Å²) in [6.45, 7) is 1.67. The molecule has 0 aliphatic heterocycles. The molecule has 4 N–H and O–H groups in total. The molecule has 4 rings (SSSR count). The number of hydrogen-bond acceptors (Lipinski definition) is 9. The lowest BCUT2D eigenvalue weighted by Crippen LogP contribution is -2.13. The van der Waals surface area contributed by atoms with Crippen LogP contribution in [0.25, 0.3) is 11.3 Å². The monoisotopic (exact) mass is 444 g/mol. The van der Waals surface area contributed by atoms with Crippen LogP contribution in [0.5, 0.6) is 11.5 Å². The number of aromatic hydroxyl groups is 2. The Morgan fingerprint density at radius 3 is 2.47 bits per heavy atom. The summed E-state index contributed by atoms with van der Waals surface area (Å²) in [6.07, 6.45) is 0. The van der Waals surface area contributed by atoms with Crippen LogP contribution in [0, 0.1) is 6.92 Å². The van der Waals surface area contributed by atoms with Gasteiger partial charge in [0.15, 0.2) is 22.4 Å². The van der Waals surface area contributed by atoms with Crippen molar-refractivity contribution in [2.75, 3.05) is 10.0 Å². The summed E-state index contributed by atoms with van der Waals surface area (Å²) in [4.78, 5) is 4.52. The molecule has 0 spiro atoms. The van der Waals surface area contributed by atoms with Crippen LogP contribution in [0.3, 0.4) is 0 Å². The topological polar surface area (TPSA) is 138 Å². The third kappa shape index (κ3) is 4.21. The lowest BCUT2D eigenvalue weighted by molar-refractivity contribution is 0.400. The zero-order valence-corrected chi connectivity index (χ0v) is 17.2. The van der Waals surface area contributed by atoms with E-state index < -0.39 is 10.0 Å². The van der Waals surface area contributed by atoms with Gasteiger partial charge in [-0.05, 0) is 49.4 Å². The van der Waals surface area contributed by atoms with Crippen molar-refractivity contribution in [3.63, 3.8) is 0 Å². The Bertz CT molecular complexity index is 1300. The van der Waals surface area contributed by atoms with Crippen LogP contribution in [-0.2, 0) is 10.0 Å². The average molecular weight is 444 g/mol. The van der Waals surface area contributed by atoms with Crippen molar-refractivity contribution in [2.45, 2.75) is 11.8 Å². The van der Waals surface area contributed by atoms with Gasteiger partial charge in [-0.15, -0.1) is 11.3 Å². The van der Waals surface area contributed by atoms with Crippen molar-refractivity contribution >= 4 is 38.0 Å². The molecule has 9 nitrogen and oxygen atoms in total. The normalized spacial score (nSPS) is 11.4. The molecular formula is C19H16N4O5S2. The minimum Gasteiger partial charge on any atom is -0.504 e. The van der Waals surface area contributed by atoms with E-state index in [0.717, 1.165) is 0 Å². The van der Waals surface area contributed by atoms with E-state index in [-0.39, 0.29) is 22.2 Å². The lowest BCUT2D eigenvalue weighted by atomic mass is 10.1. The Morgan fingerprint density at radius 2 is 1.80 bits per heavy atom. The first-order valence-corrected chi connectivity index (χ1v) is 11.0. The van der Waals surface area contributed by atoms with Gasteiger partial charge in [0.25, 0.3) is 10.0 Å². The Kier molecular flexibility index (Phi) is 5.06. The third-order valence-electron chi connectivity index (χ3n) is 4.06. The first kappa shape index (κ1) is 19.7. The quantitative estimate of drug-likeness (QED) is 0.327. The maximum Gasteiger partial charge on any atom is 0.263 e. The molecule has 154 valence electrons. The van der Waals surface area contributed by atoms with E-state index in [0.29, 0.717) is 27.8 Å². The predicted molar refractivity (Wildman–Crippen MR) is 113 cm³/mol. The molecule has 2 heterocycles. The number of phenolic OH excluding ortho intramolecular Hbond substituents is 2. The fourth-order valence-corrected chi connectivity index (χ4v) is 4.32. The van der Waals surface area contributed by atoms with Crippen molar-refractivity contribution in [3.05, 3.63) is 59.7 Å². The molecule has 4 aromatic rings. The molecule has 0 radical (unpaired) electrons. The van der Waals surface area contributed by atoms with E-state index in [9.17, 15) is 18.6 Å². The number of nitrogens with one attached hydrogen (secondary N) is 2. The van der Waals surface area contributed by atoms with E-state index in [4.69, 9.17) is 4.52 Å². The van der Waals surface area contributed by atoms with Gasteiger partial charge >= 0.3 is 0 Å². The Balaban J connectivity index is 1.47. The summed E-state index contributed by atoms with van der Waals surface area (Å²) in [6, 6.07) is 12.1. The highest BCUT2D eigenvalue weighted by atomic mass is 32.2. The summed E-state index contributed by atoms with van der Waals surface area (Å²) < 4.78 is 32.1. The minimum absolute atomic E-state index is 0.0769. The van der Waals surface area contributed by atoms with Crippen LogP contribution in [0.2, 0.25) is 0 Å². The van der Waals surface area contributed by atoms with E-state index in [1.54, 1.807) is 30.5 Å². The number of aromatic nitrogens is 2. The van der Waals surface area contributed by atoms with Gasteiger partial charge in [0, 0.05) is 22.7 Å². The maximum absolute atomic E-state index is 12.4. The number of thiazole rings is 1. The Morgan fingerprint density at radius 1 is 1.03 bits per heavy atom. The van der Waals surface area contributed by atoms with Gasteiger partial charge in [0.1, 0.15) is 5.76 Å². The molecule has 11 heteroatoms. The van der Waals surface area contributed by atoms with Gasteiger partial charge in [-0.25, -0.2) is 13.4 Å². The number of sulfonamides is 1. The van der Waals surface area contributed by atoms with E-state index >= 15 is 0 Å². The van der Waals surface area contributed by atoms with Crippen LogP contribution in [0.4, 0.5) is 16.6 Å². The summed E-state index contributed by atoms with van der Waals surface area (Å²) in [5.74, 6) is 0.194.